The number of quaternary nitrogens is 1. The number of rotatable bonds is 5. The molecule has 0 saturated heterocycles. The summed E-state index contributed by atoms with van der Waals surface area (Å²) in [5, 5.41) is 0. The summed E-state index contributed by atoms with van der Waals surface area (Å²) in [6.45, 7) is 11.7. The fourth-order valence-electron chi connectivity index (χ4n) is 1.98. The average molecular weight is 234 g/mol. The van der Waals surface area contributed by atoms with Gasteiger partial charge in [-0.1, -0.05) is 30.3 Å². The lowest BCUT2D eigenvalue weighted by molar-refractivity contribution is -0.936. The predicted octanol–water partition coefficient (Wildman–Crippen LogP) is 3.93. The second-order valence-electron chi connectivity index (χ2n) is 4.02. The Hall–Kier alpha value is -1.51. The molecule has 4 heteroatoms. The van der Waals surface area contributed by atoms with Crippen LogP contribution >= 0.6 is 0 Å². The van der Waals surface area contributed by atoms with Crippen LogP contribution in [0.15, 0.2) is 30.3 Å². The fraction of sp³-hybridized carbons (Fsp3) is 0.538. The Morgan fingerprint density at radius 3 is 1.71 bits per heavy atom. The Kier molecular flexibility index (Phi) is 7.85. The lowest BCUT2D eigenvalue weighted by Gasteiger charge is -2.35. The molecule has 1 aromatic rings. The molecule has 0 N–H and O–H groups in total. The van der Waals surface area contributed by atoms with Crippen LogP contribution in [0.4, 0.5) is 0 Å². The van der Waals surface area contributed by atoms with E-state index < -0.39 is 0 Å². The first-order chi connectivity index (χ1) is 8.17. The molecule has 0 aliphatic carbocycles. The third-order valence-electron chi connectivity index (χ3n) is 3.37. The van der Waals surface area contributed by atoms with E-state index in [2.05, 4.69) is 51.1 Å². The van der Waals surface area contributed by atoms with Gasteiger partial charge in [0.05, 0.1) is 19.6 Å². The summed E-state index contributed by atoms with van der Waals surface area (Å²) >= 11 is 0. The SMILES string of the molecule is CC[N+](CC)(CC)Cc1ccccc1.[N-]=[N+]=[N-]. The van der Waals surface area contributed by atoms with E-state index in [1.807, 2.05) is 0 Å². The van der Waals surface area contributed by atoms with Crippen LogP contribution in [0.1, 0.15) is 26.3 Å². The van der Waals surface area contributed by atoms with Gasteiger partial charge in [-0.2, -0.15) is 0 Å². The minimum Gasteiger partial charge on any atom is -0.373 e. The van der Waals surface area contributed by atoms with Crippen LogP contribution in [0.25, 0.3) is 16.0 Å². The third-order valence-corrected chi connectivity index (χ3v) is 3.37. The second-order valence-corrected chi connectivity index (χ2v) is 4.02. The zero-order valence-corrected chi connectivity index (χ0v) is 11.0. The van der Waals surface area contributed by atoms with Crippen LogP contribution in [0.3, 0.4) is 0 Å². The molecule has 0 radical (unpaired) electrons. The molecule has 94 valence electrons. The van der Waals surface area contributed by atoms with Gasteiger partial charge in [-0.15, -0.1) is 0 Å². The molecular weight excluding hydrogens is 212 g/mol. The zero-order chi connectivity index (χ0) is 13.1. The average Bonchev–Trinajstić information content (AvgIpc) is 2.38. The normalized spacial score (nSPS) is 10.1. The Morgan fingerprint density at radius 1 is 0.941 bits per heavy atom. The minimum absolute atomic E-state index is 1.17. The number of nitrogens with zero attached hydrogens (tertiary/aromatic N) is 4. The molecule has 0 fully saturated rings. The van der Waals surface area contributed by atoms with Gasteiger partial charge in [0.25, 0.3) is 0 Å². The van der Waals surface area contributed by atoms with Gasteiger partial charge in [-0.05, 0) is 20.8 Å². The van der Waals surface area contributed by atoms with Crippen LogP contribution < -0.4 is 0 Å². The quantitative estimate of drug-likeness (QED) is 0.321. The fourth-order valence-corrected chi connectivity index (χ4v) is 1.98. The van der Waals surface area contributed by atoms with Crippen molar-refractivity contribution in [3.05, 3.63) is 51.9 Å². The third kappa shape index (κ3) is 5.38. The van der Waals surface area contributed by atoms with Crippen LogP contribution in [0.2, 0.25) is 0 Å². The maximum Gasteiger partial charge on any atom is 0.104 e. The zero-order valence-electron chi connectivity index (χ0n) is 11.0. The van der Waals surface area contributed by atoms with Crippen molar-refractivity contribution in [2.75, 3.05) is 19.6 Å². The number of benzene rings is 1. The van der Waals surface area contributed by atoms with Crippen molar-refractivity contribution in [1.82, 2.24) is 0 Å². The molecular formula is C13H22N4. The molecule has 1 rings (SSSR count). The molecule has 0 unspecified atom stereocenters. The van der Waals surface area contributed by atoms with Gasteiger partial charge in [0.1, 0.15) is 6.54 Å². The maximum atomic E-state index is 6.75. The summed E-state index contributed by atoms with van der Waals surface area (Å²) in [6.07, 6.45) is 0. The van der Waals surface area contributed by atoms with Gasteiger partial charge in [0, 0.05) is 5.56 Å². The van der Waals surface area contributed by atoms with Gasteiger partial charge in [0.2, 0.25) is 0 Å². The Bertz CT molecular complexity index is 316. The smallest absolute Gasteiger partial charge is 0.104 e. The highest BCUT2D eigenvalue weighted by Gasteiger charge is 2.20. The molecule has 0 spiro atoms. The summed E-state index contributed by atoms with van der Waals surface area (Å²) in [6, 6.07) is 10.8. The van der Waals surface area contributed by atoms with Crippen molar-refractivity contribution in [2.45, 2.75) is 27.3 Å². The maximum absolute atomic E-state index is 6.75. The van der Waals surface area contributed by atoms with Crippen LogP contribution in [0, 0.1) is 0 Å². The molecule has 0 aliphatic heterocycles. The van der Waals surface area contributed by atoms with E-state index in [1.165, 1.54) is 41.1 Å². The summed E-state index contributed by atoms with van der Waals surface area (Å²) in [4.78, 5) is 1.50. The molecule has 0 aromatic heterocycles. The summed E-state index contributed by atoms with van der Waals surface area (Å²) in [5.74, 6) is 0. The largest absolute Gasteiger partial charge is 0.373 e. The van der Waals surface area contributed by atoms with Crippen molar-refractivity contribution in [3.63, 3.8) is 0 Å². The molecule has 0 amide bonds. The molecule has 17 heavy (non-hydrogen) atoms. The van der Waals surface area contributed by atoms with Gasteiger partial charge >= 0.3 is 0 Å². The second kappa shape index (κ2) is 8.62. The highest BCUT2D eigenvalue weighted by Crippen LogP contribution is 2.13. The number of hydrogen-bond acceptors (Lipinski definition) is 0. The monoisotopic (exact) mass is 234 g/mol. The van der Waals surface area contributed by atoms with E-state index in [0.717, 1.165) is 0 Å². The molecule has 0 atom stereocenters. The molecule has 0 heterocycles. The lowest BCUT2D eigenvalue weighted by Crippen LogP contribution is -2.46. The molecule has 4 nitrogen and oxygen atoms in total. The van der Waals surface area contributed by atoms with Crippen molar-refractivity contribution in [1.29, 1.82) is 0 Å². The minimum atomic E-state index is 1.17. The predicted molar refractivity (Wildman–Crippen MR) is 72.1 cm³/mol. The Balaban J connectivity index is 0.000000770. The number of hydrogen-bond donors (Lipinski definition) is 0. The van der Waals surface area contributed by atoms with Crippen LogP contribution in [-0.2, 0) is 6.54 Å². The van der Waals surface area contributed by atoms with Gasteiger partial charge in [0.15, 0.2) is 0 Å². The van der Waals surface area contributed by atoms with Gasteiger partial charge < -0.3 is 15.5 Å². The van der Waals surface area contributed by atoms with Crippen molar-refractivity contribution in [3.8, 4) is 0 Å². The van der Waals surface area contributed by atoms with E-state index >= 15 is 0 Å². The Morgan fingerprint density at radius 2 is 1.35 bits per heavy atom. The summed E-state index contributed by atoms with van der Waals surface area (Å²) < 4.78 is 1.20. The van der Waals surface area contributed by atoms with Crippen molar-refractivity contribution in [2.24, 2.45) is 0 Å². The Labute approximate surface area is 104 Å². The topological polar surface area (TPSA) is 58.7 Å². The molecule has 0 aliphatic rings. The highest BCUT2D eigenvalue weighted by atomic mass is 15.3. The van der Waals surface area contributed by atoms with Gasteiger partial charge in [-0.25, -0.2) is 0 Å². The van der Waals surface area contributed by atoms with E-state index in [1.54, 1.807) is 0 Å². The first-order valence-electron chi connectivity index (χ1n) is 6.05. The lowest BCUT2D eigenvalue weighted by atomic mass is 10.2. The molecule has 0 bridgehead atoms. The molecule has 0 saturated carbocycles. The first-order valence-corrected chi connectivity index (χ1v) is 6.05. The van der Waals surface area contributed by atoms with Crippen molar-refractivity contribution < 1.29 is 4.48 Å². The summed E-state index contributed by atoms with van der Waals surface area (Å²) in [7, 11) is 0. The van der Waals surface area contributed by atoms with E-state index in [0.29, 0.717) is 0 Å². The highest BCUT2D eigenvalue weighted by molar-refractivity contribution is 5.13. The van der Waals surface area contributed by atoms with E-state index in [-0.39, 0.29) is 0 Å². The van der Waals surface area contributed by atoms with Crippen LogP contribution in [-0.4, -0.2) is 24.1 Å². The van der Waals surface area contributed by atoms with Crippen molar-refractivity contribution >= 4 is 0 Å². The summed E-state index contributed by atoms with van der Waals surface area (Å²) in [5.41, 5.74) is 15.0. The first kappa shape index (κ1) is 15.5. The van der Waals surface area contributed by atoms with E-state index in [9.17, 15) is 0 Å². The molecule has 1 aromatic carbocycles. The standard InChI is InChI=1S/C13H22N.N3/c1-4-14(5-2,6-3)12-13-10-8-7-9-11-13;1-3-2/h7-11H,4-6,12H2,1-3H3;/q+1;-1. The van der Waals surface area contributed by atoms with Crippen LogP contribution in [0.5, 0.6) is 0 Å². The van der Waals surface area contributed by atoms with Gasteiger partial charge in [-0.3, -0.25) is 4.91 Å². The van der Waals surface area contributed by atoms with E-state index in [4.69, 9.17) is 11.1 Å².